The van der Waals surface area contributed by atoms with Gasteiger partial charge >= 0.3 is 6.09 Å². The van der Waals surface area contributed by atoms with E-state index in [1.807, 2.05) is 46.8 Å². The maximum atomic E-state index is 12.2. The van der Waals surface area contributed by atoms with E-state index in [0.29, 0.717) is 12.2 Å². The van der Waals surface area contributed by atoms with Crippen LogP contribution in [-0.2, 0) is 4.74 Å². The highest BCUT2D eigenvalue weighted by Gasteiger charge is 2.31. The minimum Gasteiger partial charge on any atom is -0.444 e. The number of aromatic nitrogens is 1. The number of hydrogen-bond donors (Lipinski definition) is 1. The number of ether oxygens (including phenoxy) is 1. The number of nitrogens with two attached hydrogens (primary N) is 1. The number of amides is 1. The number of aryl methyl sites for hydroxylation is 1. The minimum atomic E-state index is -0.469. The van der Waals surface area contributed by atoms with Crippen molar-refractivity contribution in [3.63, 3.8) is 0 Å². The molecule has 2 heterocycles. The molecule has 2 N–H and O–H groups in total. The molecule has 1 aromatic heterocycles. The molecular weight excluding hydrogens is 280 g/mol. The maximum Gasteiger partial charge on any atom is 0.410 e. The lowest BCUT2D eigenvalue weighted by atomic mass is 10.2. The average molecular weight is 306 g/mol. The summed E-state index contributed by atoms with van der Waals surface area (Å²) in [7, 11) is 0. The molecule has 2 rings (SSSR count). The van der Waals surface area contributed by atoms with E-state index in [0.717, 1.165) is 24.6 Å². The SMILES string of the molecule is Cc1nc(N2CCN(C(=O)OC(C)(C)C)[C@@H](C)C2)ccc1N. The average Bonchev–Trinajstić information content (AvgIpc) is 2.39. The van der Waals surface area contributed by atoms with Gasteiger partial charge in [-0.3, -0.25) is 0 Å². The van der Waals surface area contributed by atoms with Crippen molar-refractivity contribution in [2.75, 3.05) is 30.3 Å². The van der Waals surface area contributed by atoms with Gasteiger partial charge in [0, 0.05) is 25.7 Å². The lowest BCUT2D eigenvalue weighted by Crippen LogP contribution is -2.55. The topological polar surface area (TPSA) is 71.7 Å². The Morgan fingerprint density at radius 2 is 2.05 bits per heavy atom. The van der Waals surface area contributed by atoms with Crippen LogP contribution in [0.1, 0.15) is 33.4 Å². The zero-order valence-corrected chi connectivity index (χ0v) is 14.1. The van der Waals surface area contributed by atoms with Crippen LogP contribution in [0.4, 0.5) is 16.3 Å². The van der Waals surface area contributed by atoms with Crippen LogP contribution in [0.3, 0.4) is 0 Å². The van der Waals surface area contributed by atoms with Crippen LogP contribution in [0.25, 0.3) is 0 Å². The third-order valence-electron chi connectivity index (χ3n) is 3.69. The summed E-state index contributed by atoms with van der Waals surface area (Å²) in [6, 6.07) is 3.88. The van der Waals surface area contributed by atoms with Gasteiger partial charge in [0.25, 0.3) is 0 Å². The molecule has 0 aliphatic carbocycles. The Hall–Kier alpha value is -1.98. The summed E-state index contributed by atoms with van der Waals surface area (Å²) >= 11 is 0. The molecule has 122 valence electrons. The summed E-state index contributed by atoms with van der Waals surface area (Å²) in [4.78, 5) is 20.7. The van der Waals surface area contributed by atoms with Gasteiger partial charge in [-0.1, -0.05) is 0 Å². The van der Waals surface area contributed by atoms with Crippen LogP contribution in [0.5, 0.6) is 0 Å². The van der Waals surface area contributed by atoms with Gasteiger partial charge in [0.15, 0.2) is 0 Å². The molecule has 0 radical (unpaired) electrons. The molecule has 1 aromatic rings. The van der Waals surface area contributed by atoms with Crippen LogP contribution in [-0.4, -0.2) is 47.3 Å². The van der Waals surface area contributed by atoms with Gasteiger partial charge in [0.2, 0.25) is 0 Å². The number of nitrogen functional groups attached to an aromatic ring is 1. The monoisotopic (exact) mass is 306 g/mol. The van der Waals surface area contributed by atoms with Crippen molar-refractivity contribution < 1.29 is 9.53 Å². The molecular formula is C16H26N4O2. The smallest absolute Gasteiger partial charge is 0.410 e. The van der Waals surface area contributed by atoms with E-state index >= 15 is 0 Å². The van der Waals surface area contributed by atoms with Crippen LogP contribution in [0, 0.1) is 6.92 Å². The highest BCUT2D eigenvalue weighted by Crippen LogP contribution is 2.21. The second kappa shape index (κ2) is 6.02. The quantitative estimate of drug-likeness (QED) is 0.862. The summed E-state index contributed by atoms with van der Waals surface area (Å²) in [5.41, 5.74) is 6.88. The van der Waals surface area contributed by atoms with Crippen molar-refractivity contribution in [2.45, 2.75) is 46.3 Å². The molecule has 0 aromatic carbocycles. The second-order valence-corrected chi connectivity index (χ2v) is 6.81. The normalized spacial score (nSPS) is 19.2. The molecule has 1 atom stereocenters. The van der Waals surface area contributed by atoms with Crippen molar-refractivity contribution >= 4 is 17.6 Å². The molecule has 6 nitrogen and oxygen atoms in total. The van der Waals surface area contributed by atoms with E-state index in [1.165, 1.54) is 0 Å². The van der Waals surface area contributed by atoms with E-state index in [-0.39, 0.29) is 12.1 Å². The fourth-order valence-corrected chi connectivity index (χ4v) is 2.49. The number of rotatable bonds is 1. The van der Waals surface area contributed by atoms with Crippen molar-refractivity contribution in [2.24, 2.45) is 0 Å². The summed E-state index contributed by atoms with van der Waals surface area (Å²) in [6.45, 7) is 11.7. The van der Waals surface area contributed by atoms with E-state index < -0.39 is 5.60 Å². The number of carbonyl (C=O) groups excluding carboxylic acids is 1. The molecule has 1 aliphatic rings. The molecule has 22 heavy (non-hydrogen) atoms. The molecule has 1 saturated heterocycles. The first-order chi connectivity index (χ1) is 10.2. The first kappa shape index (κ1) is 16.4. The predicted molar refractivity (Wildman–Crippen MR) is 88.0 cm³/mol. The maximum absolute atomic E-state index is 12.2. The lowest BCUT2D eigenvalue weighted by Gasteiger charge is -2.40. The van der Waals surface area contributed by atoms with Crippen molar-refractivity contribution in [1.29, 1.82) is 0 Å². The number of hydrogen-bond acceptors (Lipinski definition) is 5. The zero-order chi connectivity index (χ0) is 16.5. The molecule has 1 aliphatic heterocycles. The Balaban J connectivity index is 2.03. The van der Waals surface area contributed by atoms with Crippen molar-refractivity contribution in [3.8, 4) is 0 Å². The van der Waals surface area contributed by atoms with Crippen LogP contribution in [0.2, 0.25) is 0 Å². The molecule has 0 unspecified atom stereocenters. The summed E-state index contributed by atoms with van der Waals surface area (Å²) in [5, 5.41) is 0. The van der Waals surface area contributed by atoms with Gasteiger partial charge in [0.05, 0.1) is 11.4 Å². The number of anilines is 2. The third-order valence-corrected chi connectivity index (χ3v) is 3.69. The van der Waals surface area contributed by atoms with Crippen LogP contribution in [0.15, 0.2) is 12.1 Å². The van der Waals surface area contributed by atoms with Crippen molar-refractivity contribution in [3.05, 3.63) is 17.8 Å². The minimum absolute atomic E-state index is 0.0725. The van der Waals surface area contributed by atoms with Gasteiger partial charge < -0.3 is 20.3 Å². The molecule has 0 bridgehead atoms. The predicted octanol–water partition coefficient (Wildman–Crippen LogP) is 2.42. The van der Waals surface area contributed by atoms with Gasteiger partial charge in [-0.2, -0.15) is 0 Å². The fraction of sp³-hybridized carbons (Fsp3) is 0.625. The lowest BCUT2D eigenvalue weighted by molar-refractivity contribution is 0.0158. The number of pyridine rings is 1. The van der Waals surface area contributed by atoms with Crippen molar-refractivity contribution in [1.82, 2.24) is 9.88 Å². The van der Waals surface area contributed by atoms with Gasteiger partial charge in [-0.05, 0) is 46.8 Å². The molecule has 1 fully saturated rings. The first-order valence-electron chi connectivity index (χ1n) is 7.65. The Bertz CT molecular complexity index is 554. The second-order valence-electron chi connectivity index (χ2n) is 6.81. The van der Waals surface area contributed by atoms with Gasteiger partial charge in [-0.25, -0.2) is 9.78 Å². The molecule has 1 amide bonds. The van der Waals surface area contributed by atoms with E-state index in [1.54, 1.807) is 4.90 Å². The zero-order valence-electron chi connectivity index (χ0n) is 14.1. The Morgan fingerprint density at radius 1 is 1.36 bits per heavy atom. The van der Waals surface area contributed by atoms with Gasteiger partial charge in [0.1, 0.15) is 11.4 Å². The van der Waals surface area contributed by atoms with E-state index in [2.05, 4.69) is 9.88 Å². The largest absolute Gasteiger partial charge is 0.444 e. The molecule has 6 heteroatoms. The Kier molecular flexibility index (Phi) is 4.49. The van der Waals surface area contributed by atoms with Crippen LogP contribution < -0.4 is 10.6 Å². The summed E-state index contributed by atoms with van der Waals surface area (Å²) < 4.78 is 5.46. The van der Waals surface area contributed by atoms with Gasteiger partial charge in [-0.15, -0.1) is 0 Å². The number of piperazine rings is 1. The number of carbonyl (C=O) groups is 1. The summed E-state index contributed by atoms with van der Waals surface area (Å²) in [5.74, 6) is 0.905. The Labute approximate surface area is 132 Å². The standard InChI is InChI=1S/C16H26N4O2/c1-11-10-19(14-7-6-13(17)12(2)18-14)8-9-20(11)15(21)22-16(3,4)5/h6-7,11H,8-10,17H2,1-5H3/t11-/m0/s1. The molecule has 0 saturated carbocycles. The van der Waals surface area contributed by atoms with E-state index in [9.17, 15) is 4.79 Å². The highest BCUT2D eigenvalue weighted by molar-refractivity contribution is 5.69. The number of nitrogens with zero attached hydrogens (tertiary/aromatic N) is 3. The first-order valence-corrected chi connectivity index (χ1v) is 7.65. The Morgan fingerprint density at radius 3 is 2.59 bits per heavy atom. The molecule has 0 spiro atoms. The third kappa shape index (κ3) is 3.81. The van der Waals surface area contributed by atoms with E-state index in [4.69, 9.17) is 10.5 Å². The van der Waals surface area contributed by atoms with Crippen LogP contribution >= 0.6 is 0 Å². The fourth-order valence-electron chi connectivity index (χ4n) is 2.49. The highest BCUT2D eigenvalue weighted by atomic mass is 16.6. The summed E-state index contributed by atoms with van der Waals surface area (Å²) in [6.07, 6.45) is -0.249.